The van der Waals surface area contributed by atoms with Crippen LogP contribution >= 0.6 is 11.8 Å². The monoisotopic (exact) mass is 199 g/mol. The molecule has 2 fully saturated rings. The fourth-order valence-corrected chi connectivity index (χ4v) is 4.13. The van der Waals surface area contributed by atoms with E-state index in [1.54, 1.807) is 0 Å². The Morgan fingerprint density at radius 1 is 1.15 bits per heavy atom. The highest BCUT2D eigenvalue weighted by Gasteiger charge is 2.39. The summed E-state index contributed by atoms with van der Waals surface area (Å²) in [5, 5.41) is 3.64. The van der Waals surface area contributed by atoms with Crippen LogP contribution in [-0.4, -0.2) is 23.6 Å². The number of thioether (sulfide) groups is 1. The van der Waals surface area contributed by atoms with Crippen molar-refractivity contribution in [3.05, 3.63) is 0 Å². The molecule has 0 spiro atoms. The predicted molar refractivity (Wildman–Crippen MR) is 60.2 cm³/mol. The third-order valence-corrected chi connectivity index (χ3v) is 4.85. The van der Waals surface area contributed by atoms with Crippen LogP contribution in [0.1, 0.15) is 33.1 Å². The predicted octanol–water partition coefficient (Wildman–Crippen LogP) is 2.52. The maximum absolute atomic E-state index is 3.64. The minimum atomic E-state index is 0.409. The van der Waals surface area contributed by atoms with Gasteiger partial charge in [-0.15, -0.1) is 0 Å². The molecular formula is C11H21NS. The molecule has 0 radical (unpaired) electrons. The molecule has 1 nitrogen and oxygen atoms in total. The van der Waals surface area contributed by atoms with Gasteiger partial charge in [0.2, 0.25) is 0 Å². The SMILES string of the molecule is CC1(C)NCCC1C1CCSCC1. The summed E-state index contributed by atoms with van der Waals surface area (Å²) in [6.07, 6.45) is 4.32. The molecule has 0 saturated carbocycles. The van der Waals surface area contributed by atoms with E-state index in [1.807, 2.05) is 0 Å². The first-order valence-electron chi connectivity index (χ1n) is 5.53. The summed E-state index contributed by atoms with van der Waals surface area (Å²) < 4.78 is 0. The zero-order chi connectivity index (χ0) is 9.31. The van der Waals surface area contributed by atoms with Crippen LogP contribution in [0, 0.1) is 11.8 Å². The third kappa shape index (κ3) is 2.04. The molecule has 2 aliphatic heterocycles. The molecule has 2 aliphatic rings. The Morgan fingerprint density at radius 2 is 1.85 bits per heavy atom. The molecule has 13 heavy (non-hydrogen) atoms. The molecule has 0 aliphatic carbocycles. The average Bonchev–Trinajstić information content (AvgIpc) is 2.47. The van der Waals surface area contributed by atoms with E-state index < -0.39 is 0 Å². The van der Waals surface area contributed by atoms with Crippen molar-refractivity contribution in [1.82, 2.24) is 5.32 Å². The lowest BCUT2D eigenvalue weighted by molar-refractivity contribution is 0.220. The van der Waals surface area contributed by atoms with Gasteiger partial charge in [0, 0.05) is 5.54 Å². The zero-order valence-electron chi connectivity index (χ0n) is 8.81. The van der Waals surface area contributed by atoms with E-state index in [0.717, 1.165) is 11.8 Å². The molecule has 0 bridgehead atoms. The number of hydrogen-bond acceptors (Lipinski definition) is 2. The number of rotatable bonds is 1. The molecule has 2 saturated heterocycles. The minimum absolute atomic E-state index is 0.409. The third-order valence-electron chi connectivity index (χ3n) is 3.80. The topological polar surface area (TPSA) is 12.0 Å². The van der Waals surface area contributed by atoms with Gasteiger partial charge in [0.15, 0.2) is 0 Å². The quantitative estimate of drug-likeness (QED) is 0.696. The lowest BCUT2D eigenvalue weighted by atomic mass is 9.76. The minimum Gasteiger partial charge on any atom is -0.311 e. The maximum atomic E-state index is 3.64. The fourth-order valence-electron chi connectivity index (χ4n) is 2.98. The first-order valence-corrected chi connectivity index (χ1v) is 6.68. The van der Waals surface area contributed by atoms with Crippen LogP contribution < -0.4 is 5.32 Å². The first kappa shape index (κ1) is 9.85. The van der Waals surface area contributed by atoms with E-state index in [4.69, 9.17) is 0 Å². The van der Waals surface area contributed by atoms with Crippen molar-refractivity contribution in [1.29, 1.82) is 0 Å². The van der Waals surface area contributed by atoms with Gasteiger partial charge in [-0.1, -0.05) is 0 Å². The highest BCUT2D eigenvalue weighted by molar-refractivity contribution is 7.99. The van der Waals surface area contributed by atoms with Gasteiger partial charge in [0.05, 0.1) is 0 Å². The normalized spacial score (nSPS) is 35.1. The van der Waals surface area contributed by atoms with Crippen molar-refractivity contribution < 1.29 is 0 Å². The highest BCUT2D eigenvalue weighted by atomic mass is 32.2. The highest BCUT2D eigenvalue weighted by Crippen LogP contribution is 2.39. The second kappa shape index (κ2) is 3.82. The van der Waals surface area contributed by atoms with Gasteiger partial charge < -0.3 is 5.32 Å². The molecule has 76 valence electrons. The molecule has 1 unspecified atom stereocenters. The van der Waals surface area contributed by atoms with Crippen molar-refractivity contribution in [2.75, 3.05) is 18.1 Å². The maximum Gasteiger partial charge on any atom is 0.0156 e. The summed E-state index contributed by atoms with van der Waals surface area (Å²) in [6.45, 7) is 6.00. The lowest BCUT2D eigenvalue weighted by Crippen LogP contribution is -2.41. The van der Waals surface area contributed by atoms with E-state index in [-0.39, 0.29) is 0 Å². The van der Waals surface area contributed by atoms with Gasteiger partial charge in [0.1, 0.15) is 0 Å². The van der Waals surface area contributed by atoms with Crippen LogP contribution in [0.25, 0.3) is 0 Å². The van der Waals surface area contributed by atoms with Crippen molar-refractivity contribution in [2.24, 2.45) is 11.8 Å². The Hall–Kier alpha value is 0.310. The molecule has 2 rings (SSSR count). The van der Waals surface area contributed by atoms with E-state index >= 15 is 0 Å². The summed E-state index contributed by atoms with van der Waals surface area (Å²) in [5.74, 6) is 4.74. The van der Waals surface area contributed by atoms with Crippen LogP contribution in [0.2, 0.25) is 0 Å². The average molecular weight is 199 g/mol. The van der Waals surface area contributed by atoms with E-state index in [0.29, 0.717) is 5.54 Å². The summed E-state index contributed by atoms with van der Waals surface area (Å²) in [6, 6.07) is 0. The van der Waals surface area contributed by atoms with Gasteiger partial charge in [-0.2, -0.15) is 11.8 Å². The van der Waals surface area contributed by atoms with Crippen molar-refractivity contribution in [2.45, 2.75) is 38.6 Å². The summed E-state index contributed by atoms with van der Waals surface area (Å²) in [5.41, 5.74) is 0.409. The van der Waals surface area contributed by atoms with Crippen molar-refractivity contribution in [3.8, 4) is 0 Å². The van der Waals surface area contributed by atoms with Crippen LogP contribution in [0.5, 0.6) is 0 Å². The Labute approximate surface area is 86.0 Å². The van der Waals surface area contributed by atoms with E-state index in [1.165, 1.54) is 37.3 Å². The van der Waals surface area contributed by atoms with Crippen molar-refractivity contribution >= 4 is 11.8 Å². The van der Waals surface area contributed by atoms with Crippen LogP contribution in [-0.2, 0) is 0 Å². The summed E-state index contributed by atoms with van der Waals surface area (Å²) >= 11 is 2.14. The molecule has 0 aromatic heterocycles. The van der Waals surface area contributed by atoms with Crippen LogP contribution in [0.3, 0.4) is 0 Å². The van der Waals surface area contributed by atoms with Gasteiger partial charge in [-0.05, 0) is 63.0 Å². The smallest absolute Gasteiger partial charge is 0.0156 e. The number of hydrogen-bond donors (Lipinski definition) is 1. The van der Waals surface area contributed by atoms with Gasteiger partial charge in [-0.3, -0.25) is 0 Å². The zero-order valence-corrected chi connectivity index (χ0v) is 9.62. The molecule has 1 atom stereocenters. The molecule has 0 aromatic carbocycles. The standard InChI is InChI=1S/C11H21NS/c1-11(2)10(3-6-12-11)9-4-7-13-8-5-9/h9-10,12H,3-8H2,1-2H3. The molecule has 2 heteroatoms. The second-order valence-electron chi connectivity index (χ2n) is 4.99. The van der Waals surface area contributed by atoms with Gasteiger partial charge >= 0.3 is 0 Å². The Bertz CT molecular complexity index is 173. The molecule has 2 heterocycles. The Kier molecular flexibility index (Phi) is 2.89. The van der Waals surface area contributed by atoms with E-state index in [2.05, 4.69) is 30.9 Å². The van der Waals surface area contributed by atoms with Crippen LogP contribution in [0.15, 0.2) is 0 Å². The summed E-state index contributed by atoms with van der Waals surface area (Å²) in [4.78, 5) is 0. The van der Waals surface area contributed by atoms with Gasteiger partial charge in [-0.25, -0.2) is 0 Å². The Morgan fingerprint density at radius 3 is 2.38 bits per heavy atom. The molecule has 0 aromatic rings. The van der Waals surface area contributed by atoms with Crippen molar-refractivity contribution in [3.63, 3.8) is 0 Å². The summed E-state index contributed by atoms with van der Waals surface area (Å²) in [7, 11) is 0. The van der Waals surface area contributed by atoms with E-state index in [9.17, 15) is 0 Å². The Balaban J connectivity index is 1.98. The molecule has 1 N–H and O–H groups in total. The first-order chi connectivity index (χ1) is 6.20. The lowest BCUT2D eigenvalue weighted by Gasteiger charge is -2.35. The molecular weight excluding hydrogens is 178 g/mol. The molecule has 0 amide bonds. The number of nitrogens with one attached hydrogen (secondary N) is 1. The van der Waals surface area contributed by atoms with Crippen LogP contribution in [0.4, 0.5) is 0 Å². The second-order valence-corrected chi connectivity index (χ2v) is 6.22. The largest absolute Gasteiger partial charge is 0.311 e. The van der Waals surface area contributed by atoms with Gasteiger partial charge in [0.25, 0.3) is 0 Å². The fraction of sp³-hybridized carbons (Fsp3) is 1.00.